The molecule has 0 N–H and O–H groups in total. The normalized spacial score (nSPS) is 23.6. The van der Waals surface area contributed by atoms with Crippen LogP contribution < -0.4 is 0 Å². The predicted octanol–water partition coefficient (Wildman–Crippen LogP) is 3.20. The van der Waals surface area contributed by atoms with E-state index < -0.39 is 0 Å². The Morgan fingerprint density at radius 1 is 1.37 bits per heavy atom. The number of benzene rings is 1. The molecule has 1 heterocycles. The van der Waals surface area contributed by atoms with Gasteiger partial charge in [-0.15, -0.1) is 0 Å². The lowest BCUT2D eigenvalue weighted by molar-refractivity contribution is -0.147. The number of likely N-dealkylation sites (N-methyl/N-ethyl adjacent to an activating group) is 1. The summed E-state index contributed by atoms with van der Waals surface area (Å²) in [4.78, 5) is 14.2. The molecule has 1 aliphatic heterocycles. The van der Waals surface area contributed by atoms with Crippen molar-refractivity contribution in [2.75, 3.05) is 26.7 Å². The fourth-order valence-corrected chi connectivity index (χ4v) is 3.32. The molecule has 1 saturated heterocycles. The SMILES string of the molecule is CCOC(=O)C1CN(C)CC1c1c(Cl)cccc1Cl. The molecule has 1 aliphatic rings. The molecule has 19 heavy (non-hydrogen) atoms. The minimum atomic E-state index is -0.206. The summed E-state index contributed by atoms with van der Waals surface area (Å²) in [6, 6.07) is 5.43. The molecule has 0 bridgehead atoms. The number of nitrogens with zero attached hydrogens (tertiary/aromatic N) is 1. The van der Waals surface area contributed by atoms with E-state index in [2.05, 4.69) is 4.90 Å². The van der Waals surface area contributed by atoms with Crippen LogP contribution >= 0.6 is 23.2 Å². The highest BCUT2D eigenvalue weighted by atomic mass is 35.5. The van der Waals surface area contributed by atoms with E-state index in [-0.39, 0.29) is 17.8 Å². The summed E-state index contributed by atoms with van der Waals surface area (Å²) in [6.07, 6.45) is 0. The molecule has 0 amide bonds. The first-order chi connectivity index (χ1) is 9.04. The van der Waals surface area contributed by atoms with Gasteiger partial charge < -0.3 is 9.64 Å². The fraction of sp³-hybridized carbons (Fsp3) is 0.500. The van der Waals surface area contributed by atoms with Gasteiger partial charge in [-0.05, 0) is 31.7 Å². The minimum absolute atomic E-state index is 0.00903. The van der Waals surface area contributed by atoms with E-state index in [0.29, 0.717) is 23.2 Å². The maximum Gasteiger partial charge on any atom is 0.310 e. The Kier molecular flexibility index (Phi) is 4.71. The van der Waals surface area contributed by atoms with E-state index in [4.69, 9.17) is 27.9 Å². The van der Waals surface area contributed by atoms with Gasteiger partial charge in [0, 0.05) is 29.1 Å². The van der Waals surface area contributed by atoms with Gasteiger partial charge >= 0.3 is 5.97 Å². The van der Waals surface area contributed by atoms with Crippen molar-refractivity contribution in [1.29, 1.82) is 0 Å². The first-order valence-electron chi connectivity index (χ1n) is 6.33. The summed E-state index contributed by atoms with van der Waals surface area (Å²) in [5.74, 6) is -0.388. The first kappa shape index (κ1) is 14.6. The van der Waals surface area contributed by atoms with Crippen LogP contribution in [-0.2, 0) is 9.53 Å². The maximum absolute atomic E-state index is 12.1. The lowest BCUT2D eigenvalue weighted by atomic mass is 9.89. The third-order valence-corrected chi connectivity index (χ3v) is 4.12. The maximum atomic E-state index is 12.1. The Balaban J connectivity index is 2.33. The smallest absolute Gasteiger partial charge is 0.310 e. The average Bonchev–Trinajstić information content (AvgIpc) is 2.71. The second kappa shape index (κ2) is 6.12. The van der Waals surface area contributed by atoms with E-state index in [1.165, 1.54) is 0 Å². The van der Waals surface area contributed by atoms with Gasteiger partial charge in [0.2, 0.25) is 0 Å². The van der Waals surface area contributed by atoms with Gasteiger partial charge in [-0.25, -0.2) is 0 Å². The third-order valence-electron chi connectivity index (χ3n) is 3.46. The molecule has 0 aliphatic carbocycles. The molecular formula is C14H17Cl2NO2. The van der Waals surface area contributed by atoms with Crippen LogP contribution in [0.15, 0.2) is 18.2 Å². The van der Waals surface area contributed by atoms with Crippen molar-refractivity contribution in [3.8, 4) is 0 Å². The molecule has 0 radical (unpaired) electrons. The van der Waals surface area contributed by atoms with Crippen LogP contribution in [0, 0.1) is 5.92 Å². The monoisotopic (exact) mass is 301 g/mol. The number of carbonyl (C=O) groups is 1. The van der Waals surface area contributed by atoms with E-state index >= 15 is 0 Å². The summed E-state index contributed by atoms with van der Waals surface area (Å²) in [5, 5.41) is 1.23. The van der Waals surface area contributed by atoms with Crippen molar-refractivity contribution in [2.45, 2.75) is 12.8 Å². The molecule has 2 rings (SSSR count). The van der Waals surface area contributed by atoms with E-state index in [1.54, 1.807) is 0 Å². The van der Waals surface area contributed by atoms with Crippen LogP contribution in [0.2, 0.25) is 10.0 Å². The lowest BCUT2D eigenvalue weighted by Gasteiger charge is -2.19. The first-order valence-corrected chi connectivity index (χ1v) is 7.09. The second-order valence-corrected chi connectivity index (χ2v) is 5.64. The molecule has 2 unspecified atom stereocenters. The average molecular weight is 302 g/mol. The van der Waals surface area contributed by atoms with Gasteiger partial charge in [0.15, 0.2) is 0 Å². The van der Waals surface area contributed by atoms with Crippen molar-refractivity contribution in [3.05, 3.63) is 33.8 Å². The predicted molar refractivity (Wildman–Crippen MR) is 76.8 cm³/mol. The van der Waals surface area contributed by atoms with Crippen LogP contribution in [0.1, 0.15) is 18.4 Å². The van der Waals surface area contributed by atoms with Gasteiger partial charge in [0.05, 0.1) is 12.5 Å². The Hall–Kier alpha value is -0.770. The highest BCUT2D eigenvalue weighted by Gasteiger charge is 2.39. The molecule has 5 heteroatoms. The molecule has 1 aromatic rings. The summed E-state index contributed by atoms with van der Waals surface area (Å²) < 4.78 is 5.15. The molecule has 104 valence electrons. The van der Waals surface area contributed by atoms with Crippen molar-refractivity contribution < 1.29 is 9.53 Å². The highest BCUT2D eigenvalue weighted by molar-refractivity contribution is 6.36. The Bertz CT molecular complexity index is 458. The van der Waals surface area contributed by atoms with Gasteiger partial charge in [-0.3, -0.25) is 4.79 Å². The van der Waals surface area contributed by atoms with Crippen LogP contribution in [0.3, 0.4) is 0 Å². The summed E-state index contributed by atoms with van der Waals surface area (Å²) in [7, 11) is 1.98. The molecule has 0 aromatic heterocycles. The van der Waals surface area contributed by atoms with Crippen LogP contribution in [-0.4, -0.2) is 37.6 Å². The highest BCUT2D eigenvalue weighted by Crippen LogP contribution is 2.40. The molecule has 1 fully saturated rings. The number of hydrogen-bond acceptors (Lipinski definition) is 3. The fourth-order valence-electron chi connectivity index (χ4n) is 2.65. The molecule has 0 saturated carbocycles. The molecular weight excluding hydrogens is 285 g/mol. The Morgan fingerprint density at radius 2 is 2.00 bits per heavy atom. The quantitative estimate of drug-likeness (QED) is 0.803. The zero-order valence-electron chi connectivity index (χ0n) is 11.0. The third kappa shape index (κ3) is 3.04. The number of esters is 1. The molecule has 3 nitrogen and oxygen atoms in total. The Morgan fingerprint density at radius 3 is 2.58 bits per heavy atom. The second-order valence-electron chi connectivity index (χ2n) is 4.82. The summed E-state index contributed by atoms with van der Waals surface area (Å²) >= 11 is 12.5. The van der Waals surface area contributed by atoms with Gasteiger partial charge in [0.1, 0.15) is 0 Å². The lowest BCUT2D eigenvalue weighted by Crippen LogP contribution is -2.24. The molecule has 1 aromatic carbocycles. The van der Waals surface area contributed by atoms with E-state index in [9.17, 15) is 4.79 Å². The summed E-state index contributed by atoms with van der Waals surface area (Å²) in [5.41, 5.74) is 0.855. The number of halogens is 2. The zero-order chi connectivity index (χ0) is 14.0. The standard InChI is InChI=1S/C14H17Cl2NO2/c1-3-19-14(18)10-8-17(2)7-9(10)13-11(15)5-4-6-12(13)16/h4-6,9-10H,3,7-8H2,1-2H3. The van der Waals surface area contributed by atoms with Gasteiger partial charge in [0.25, 0.3) is 0 Å². The Labute approximate surface area is 123 Å². The number of carbonyl (C=O) groups excluding carboxylic acids is 1. The summed E-state index contributed by atoms with van der Waals surface area (Å²) in [6.45, 7) is 3.63. The molecule has 0 spiro atoms. The van der Waals surface area contributed by atoms with Gasteiger partial charge in [-0.1, -0.05) is 29.3 Å². The van der Waals surface area contributed by atoms with E-state index in [1.807, 2.05) is 32.2 Å². The van der Waals surface area contributed by atoms with Crippen molar-refractivity contribution >= 4 is 29.2 Å². The van der Waals surface area contributed by atoms with Gasteiger partial charge in [-0.2, -0.15) is 0 Å². The molecule has 2 atom stereocenters. The van der Waals surface area contributed by atoms with Crippen molar-refractivity contribution in [1.82, 2.24) is 4.90 Å². The van der Waals surface area contributed by atoms with Crippen molar-refractivity contribution in [2.24, 2.45) is 5.92 Å². The largest absolute Gasteiger partial charge is 0.466 e. The number of ether oxygens (including phenoxy) is 1. The van der Waals surface area contributed by atoms with Crippen LogP contribution in [0.25, 0.3) is 0 Å². The van der Waals surface area contributed by atoms with E-state index in [0.717, 1.165) is 12.1 Å². The van der Waals surface area contributed by atoms with Crippen molar-refractivity contribution in [3.63, 3.8) is 0 Å². The van der Waals surface area contributed by atoms with Crippen LogP contribution in [0.4, 0.5) is 0 Å². The number of hydrogen-bond donors (Lipinski definition) is 0. The zero-order valence-corrected chi connectivity index (χ0v) is 12.5. The minimum Gasteiger partial charge on any atom is -0.466 e. The van der Waals surface area contributed by atoms with Crippen LogP contribution in [0.5, 0.6) is 0 Å². The number of rotatable bonds is 3. The number of likely N-dealkylation sites (tertiary alicyclic amines) is 1. The topological polar surface area (TPSA) is 29.5 Å².